The topological polar surface area (TPSA) is 83.5 Å². The van der Waals surface area contributed by atoms with Crippen LogP contribution in [0.15, 0.2) is 71.9 Å². The van der Waals surface area contributed by atoms with Crippen molar-refractivity contribution in [2.75, 3.05) is 11.4 Å². The van der Waals surface area contributed by atoms with E-state index in [9.17, 15) is 17.6 Å². The summed E-state index contributed by atoms with van der Waals surface area (Å²) in [7, 11) is -4.00. The van der Waals surface area contributed by atoms with Gasteiger partial charge < -0.3 is 0 Å². The lowest BCUT2D eigenvalue weighted by Crippen LogP contribution is -2.47. The molecule has 1 aliphatic rings. The summed E-state index contributed by atoms with van der Waals surface area (Å²) in [4.78, 5) is 24.1. The van der Waals surface area contributed by atoms with Gasteiger partial charge in [0.2, 0.25) is 15.9 Å². The van der Waals surface area contributed by atoms with Crippen LogP contribution in [0.4, 0.5) is 9.52 Å². The predicted molar refractivity (Wildman–Crippen MR) is 133 cm³/mol. The summed E-state index contributed by atoms with van der Waals surface area (Å²) in [5.41, 5.74) is 1.48. The summed E-state index contributed by atoms with van der Waals surface area (Å²) in [6.45, 7) is 0.382. The van der Waals surface area contributed by atoms with Crippen LogP contribution < -0.4 is 4.90 Å². The van der Waals surface area contributed by atoms with Crippen molar-refractivity contribution < 1.29 is 17.6 Å². The highest BCUT2D eigenvalue weighted by molar-refractivity contribution is 7.89. The van der Waals surface area contributed by atoms with Crippen molar-refractivity contribution in [1.29, 1.82) is 0 Å². The zero-order valence-electron chi connectivity index (χ0n) is 18.3. The first-order valence-electron chi connectivity index (χ1n) is 10.9. The van der Waals surface area contributed by atoms with Crippen molar-refractivity contribution in [1.82, 2.24) is 14.3 Å². The third kappa shape index (κ3) is 4.79. The molecule has 1 fully saturated rings. The van der Waals surface area contributed by atoms with Gasteiger partial charge in [-0.25, -0.2) is 17.8 Å². The molecule has 11 heteroatoms. The van der Waals surface area contributed by atoms with Crippen LogP contribution in [0.25, 0.3) is 10.2 Å². The third-order valence-electron chi connectivity index (χ3n) is 5.81. The zero-order chi connectivity index (χ0) is 24.6. The number of thiazole rings is 1. The van der Waals surface area contributed by atoms with Crippen LogP contribution in [0.1, 0.15) is 18.4 Å². The first-order valence-corrected chi connectivity index (χ1v) is 13.5. The monoisotopic (exact) mass is 530 g/mol. The van der Waals surface area contributed by atoms with Crippen LogP contribution in [-0.2, 0) is 21.4 Å². The second-order valence-corrected chi connectivity index (χ2v) is 11.5. The number of sulfonamides is 1. The molecule has 3 heterocycles. The molecule has 2 aromatic heterocycles. The average molecular weight is 531 g/mol. The van der Waals surface area contributed by atoms with E-state index in [2.05, 4.69) is 9.97 Å². The molecule has 1 saturated heterocycles. The Bertz CT molecular complexity index is 1480. The number of hydrogen-bond acceptors (Lipinski definition) is 6. The number of nitrogens with zero attached hydrogens (tertiary/aromatic N) is 4. The molecule has 4 aromatic rings. The van der Waals surface area contributed by atoms with Gasteiger partial charge in [-0.3, -0.25) is 14.7 Å². The average Bonchev–Trinajstić information content (AvgIpc) is 3.50. The standard InChI is InChI=1S/C24H20ClFN4O3S2/c25-17-5-10-20-22(13-17)34-24(28-20)29(15-16-3-1-11-27-14-16)23(31)21-4-2-12-30(21)35(32,33)19-8-6-18(26)7-9-19/h1,3,5-11,13-14,21H,2,4,12,15H2. The van der Waals surface area contributed by atoms with Gasteiger partial charge in [0.1, 0.15) is 11.9 Å². The number of amides is 1. The number of benzene rings is 2. The lowest BCUT2D eigenvalue weighted by Gasteiger charge is -2.28. The van der Waals surface area contributed by atoms with Crippen LogP contribution in [-0.4, -0.2) is 41.2 Å². The molecular weight excluding hydrogens is 511 g/mol. The number of carbonyl (C=O) groups is 1. The molecule has 1 unspecified atom stereocenters. The zero-order valence-corrected chi connectivity index (χ0v) is 20.7. The largest absolute Gasteiger partial charge is 0.282 e. The van der Waals surface area contributed by atoms with Gasteiger partial charge in [-0.15, -0.1) is 0 Å². The predicted octanol–water partition coefficient (Wildman–Crippen LogP) is 4.87. The molecule has 0 N–H and O–H groups in total. The van der Waals surface area contributed by atoms with Gasteiger partial charge in [-0.2, -0.15) is 4.31 Å². The maximum absolute atomic E-state index is 13.9. The molecular formula is C24H20ClFN4O3S2. The molecule has 1 amide bonds. The molecule has 2 aromatic carbocycles. The van der Waals surface area contributed by atoms with Crippen molar-refractivity contribution >= 4 is 54.2 Å². The lowest BCUT2D eigenvalue weighted by atomic mass is 10.2. The van der Waals surface area contributed by atoms with Crippen LogP contribution in [0.5, 0.6) is 0 Å². The van der Waals surface area contributed by atoms with Gasteiger partial charge in [0, 0.05) is 24.0 Å². The van der Waals surface area contributed by atoms with Gasteiger partial charge >= 0.3 is 0 Å². The Balaban J connectivity index is 1.52. The van der Waals surface area contributed by atoms with E-state index >= 15 is 0 Å². The van der Waals surface area contributed by atoms with Crippen LogP contribution in [0.3, 0.4) is 0 Å². The maximum Gasteiger partial charge on any atom is 0.247 e. The Morgan fingerprint density at radius 3 is 2.74 bits per heavy atom. The van der Waals surface area contributed by atoms with Crippen LogP contribution in [0, 0.1) is 5.82 Å². The molecule has 0 bridgehead atoms. The summed E-state index contributed by atoms with van der Waals surface area (Å²) in [5, 5.41) is 1.01. The Morgan fingerprint density at radius 2 is 2.00 bits per heavy atom. The number of aromatic nitrogens is 2. The van der Waals surface area contributed by atoms with Gasteiger partial charge in [-0.05, 0) is 66.9 Å². The molecule has 7 nitrogen and oxygen atoms in total. The fourth-order valence-corrected chi connectivity index (χ4v) is 7.01. The van der Waals surface area contributed by atoms with Crippen molar-refractivity contribution in [2.24, 2.45) is 0 Å². The maximum atomic E-state index is 13.9. The molecule has 5 rings (SSSR count). The van der Waals surface area contributed by atoms with Crippen LogP contribution >= 0.6 is 22.9 Å². The van der Waals surface area contributed by atoms with E-state index in [0.29, 0.717) is 28.5 Å². The van der Waals surface area contributed by atoms with E-state index in [4.69, 9.17) is 11.6 Å². The van der Waals surface area contributed by atoms with E-state index in [1.54, 1.807) is 36.7 Å². The van der Waals surface area contributed by atoms with Crippen molar-refractivity contribution in [3.8, 4) is 0 Å². The van der Waals surface area contributed by atoms with Crippen LogP contribution in [0.2, 0.25) is 5.02 Å². The van der Waals surface area contributed by atoms with Gasteiger partial charge in [-0.1, -0.05) is 29.0 Å². The molecule has 1 aliphatic heterocycles. The number of fused-ring (bicyclic) bond motifs is 1. The molecule has 0 radical (unpaired) electrons. The number of pyridine rings is 1. The minimum atomic E-state index is -4.00. The minimum Gasteiger partial charge on any atom is -0.282 e. The number of rotatable bonds is 6. The first-order chi connectivity index (χ1) is 16.8. The molecule has 1 atom stereocenters. The lowest BCUT2D eigenvalue weighted by molar-refractivity contribution is -0.121. The summed E-state index contributed by atoms with van der Waals surface area (Å²) in [6.07, 6.45) is 4.21. The number of halogens is 2. The quantitative estimate of drug-likeness (QED) is 0.355. The Morgan fingerprint density at radius 1 is 1.20 bits per heavy atom. The highest BCUT2D eigenvalue weighted by Gasteiger charge is 2.42. The third-order valence-corrected chi connectivity index (χ3v) is 9.01. The van der Waals surface area contributed by atoms with Crippen molar-refractivity contribution in [3.63, 3.8) is 0 Å². The van der Waals surface area contributed by atoms with Crippen molar-refractivity contribution in [3.05, 3.63) is 83.4 Å². The highest BCUT2D eigenvalue weighted by atomic mass is 35.5. The summed E-state index contributed by atoms with van der Waals surface area (Å²) < 4.78 is 42.1. The van der Waals surface area contributed by atoms with Gasteiger partial charge in [0.05, 0.1) is 21.7 Å². The molecule has 0 spiro atoms. The van der Waals surface area contributed by atoms with E-state index in [1.165, 1.54) is 32.7 Å². The van der Waals surface area contributed by atoms with E-state index in [1.807, 2.05) is 6.07 Å². The Kier molecular flexibility index (Phi) is 6.54. The van der Waals surface area contributed by atoms with E-state index < -0.39 is 21.9 Å². The van der Waals surface area contributed by atoms with Gasteiger partial charge in [0.15, 0.2) is 5.13 Å². The Labute approximate surface area is 210 Å². The first kappa shape index (κ1) is 23.8. The van der Waals surface area contributed by atoms with E-state index in [0.717, 1.165) is 22.4 Å². The number of hydrogen-bond donors (Lipinski definition) is 0. The molecule has 0 aliphatic carbocycles. The number of anilines is 1. The SMILES string of the molecule is O=C(C1CCCN1S(=O)(=O)c1ccc(F)cc1)N(Cc1cccnc1)c1nc2ccc(Cl)cc2s1. The number of carbonyl (C=O) groups excluding carboxylic acids is 1. The fraction of sp³-hybridized carbons (Fsp3) is 0.208. The molecule has 0 saturated carbocycles. The highest BCUT2D eigenvalue weighted by Crippen LogP contribution is 2.34. The molecule has 35 heavy (non-hydrogen) atoms. The van der Waals surface area contributed by atoms with Gasteiger partial charge in [0.25, 0.3) is 0 Å². The second-order valence-electron chi connectivity index (χ2n) is 8.12. The smallest absolute Gasteiger partial charge is 0.247 e. The fourth-order valence-electron chi connectivity index (χ4n) is 4.11. The summed E-state index contributed by atoms with van der Waals surface area (Å²) in [6, 6.07) is 12.6. The molecule has 180 valence electrons. The van der Waals surface area contributed by atoms with E-state index in [-0.39, 0.29) is 23.9 Å². The second kappa shape index (κ2) is 9.62. The Hall–Kier alpha value is -2.92. The normalized spacial score (nSPS) is 16.6. The minimum absolute atomic E-state index is 0.0490. The summed E-state index contributed by atoms with van der Waals surface area (Å²) >= 11 is 7.45. The van der Waals surface area contributed by atoms with Crippen molar-refractivity contribution in [2.45, 2.75) is 30.3 Å². The summed E-state index contributed by atoms with van der Waals surface area (Å²) in [5.74, 6) is -0.904.